The van der Waals surface area contributed by atoms with E-state index in [9.17, 15) is 4.79 Å². The molecule has 0 aliphatic carbocycles. The third-order valence-corrected chi connectivity index (χ3v) is 2.97. The van der Waals surface area contributed by atoms with Gasteiger partial charge in [-0.1, -0.05) is 38.1 Å². The first kappa shape index (κ1) is 15.1. The van der Waals surface area contributed by atoms with Crippen LogP contribution in [0.15, 0.2) is 4.52 Å². The molecule has 0 spiro atoms. The molecule has 8 nitrogen and oxygen atoms in total. The zero-order valence-electron chi connectivity index (χ0n) is 12.8. The van der Waals surface area contributed by atoms with Crippen molar-refractivity contribution >= 4 is 5.97 Å². The van der Waals surface area contributed by atoms with Crippen molar-refractivity contribution in [3.05, 3.63) is 23.1 Å². The summed E-state index contributed by atoms with van der Waals surface area (Å²) in [4.78, 5) is 16.0. The lowest BCUT2D eigenvalue weighted by molar-refractivity contribution is 0.0592. The van der Waals surface area contributed by atoms with Gasteiger partial charge in [0.15, 0.2) is 11.5 Å². The molecule has 21 heavy (non-hydrogen) atoms. The maximum atomic E-state index is 11.7. The van der Waals surface area contributed by atoms with Crippen LogP contribution in [-0.4, -0.2) is 38.2 Å². The molecule has 0 atom stereocenters. The maximum absolute atomic E-state index is 11.7. The van der Waals surface area contributed by atoms with Gasteiger partial charge in [0.25, 0.3) is 0 Å². The fraction of sp³-hybridized carbons (Fsp3) is 0.615. The van der Waals surface area contributed by atoms with Crippen LogP contribution in [0, 0.1) is 0 Å². The van der Waals surface area contributed by atoms with Crippen LogP contribution in [0.2, 0.25) is 0 Å². The van der Waals surface area contributed by atoms with Gasteiger partial charge in [-0.2, -0.15) is 4.98 Å². The lowest BCUT2D eigenvalue weighted by Gasteiger charge is -2.08. The molecule has 2 aromatic rings. The quantitative estimate of drug-likeness (QED) is 0.774. The predicted molar refractivity (Wildman–Crippen MR) is 72.9 cm³/mol. The lowest BCUT2D eigenvalue weighted by atomic mass is 10.1. The Morgan fingerprint density at radius 3 is 2.52 bits per heavy atom. The number of rotatable bonds is 5. The van der Waals surface area contributed by atoms with Crippen molar-refractivity contribution < 1.29 is 14.1 Å². The van der Waals surface area contributed by atoms with E-state index in [1.807, 2.05) is 27.7 Å². The van der Waals surface area contributed by atoms with E-state index in [0.29, 0.717) is 24.0 Å². The molecule has 0 bridgehead atoms. The average Bonchev–Trinajstić information content (AvgIpc) is 3.05. The van der Waals surface area contributed by atoms with Crippen molar-refractivity contribution in [1.29, 1.82) is 0 Å². The number of hydrogen-bond donors (Lipinski definition) is 0. The third-order valence-electron chi connectivity index (χ3n) is 2.97. The fourth-order valence-corrected chi connectivity index (χ4v) is 1.95. The van der Waals surface area contributed by atoms with Gasteiger partial charge < -0.3 is 9.26 Å². The summed E-state index contributed by atoms with van der Waals surface area (Å²) in [5.41, 5.74) is 0.915. The molecule has 0 aromatic carbocycles. The molecule has 0 aliphatic rings. The molecule has 0 saturated carbocycles. The third kappa shape index (κ3) is 3.09. The molecule has 2 aromatic heterocycles. The van der Waals surface area contributed by atoms with Crippen LogP contribution < -0.4 is 0 Å². The van der Waals surface area contributed by atoms with Gasteiger partial charge in [0.05, 0.1) is 12.8 Å². The van der Waals surface area contributed by atoms with E-state index in [0.717, 1.165) is 0 Å². The molecule has 2 heterocycles. The molecular weight excluding hydrogens is 274 g/mol. The van der Waals surface area contributed by atoms with Crippen LogP contribution in [0.3, 0.4) is 0 Å². The smallest absolute Gasteiger partial charge is 0.360 e. The summed E-state index contributed by atoms with van der Waals surface area (Å²) in [6.45, 7) is 8.16. The highest BCUT2D eigenvalue weighted by atomic mass is 16.5. The maximum Gasteiger partial charge on any atom is 0.360 e. The summed E-state index contributed by atoms with van der Waals surface area (Å²) in [5, 5.41) is 11.8. The summed E-state index contributed by atoms with van der Waals surface area (Å²) in [5.74, 6) is 0.801. The van der Waals surface area contributed by atoms with Crippen LogP contribution >= 0.6 is 0 Å². The van der Waals surface area contributed by atoms with Gasteiger partial charge in [0, 0.05) is 5.92 Å². The summed E-state index contributed by atoms with van der Waals surface area (Å²) in [6.07, 6.45) is 0. The minimum Gasteiger partial charge on any atom is -0.464 e. The van der Waals surface area contributed by atoms with E-state index < -0.39 is 5.97 Å². The average molecular weight is 293 g/mol. The number of esters is 1. The summed E-state index contributed by atoms with van der Waals surface area (Å²) >= 11 is 0. The molecule has 0 saturated heterocycles. The largest absolute Gasteiger partial charge is 0.464 e. The Morgan fingerprint density at radius 1 is 1.29 bits per heavy atom. The molecule has 0 aliphatic heterocycles. The number of carbonyl (C=O) groups excluding carboxylic acids is 1. The van der Waals surface area contributed by atoms with E-state index in [1.165, 1.54) is 7.11 Å². The second-order valence-corrected chi connectivity index (χ2v) is 5.33. The molecule has 0 fully saturated rings. The lowest BCUT2D eigenvalue weighted by Crippen LogP contribution is -2.12. The van der Waals surface area contributed by atoms with Gasteiger partial charge in [-0.25, -0.2) is 9.48 Å². The van der Waals surface area contributed by atoms with Crippen molar-refractivity contribution in [2.24, 2.45) is 0 Å². The topological polar surface area (TPSA) is 95.9 Å². The predicted octanol–water partition coefficient (Wildman–Crippen LogP) is 1.74. The van der Waals surface area contributed by atoms with E-state index in [2.05, 4.69) is 20.5 Å². The summed E-state index contributed by atoms with van der Waals surface area (Å²) < 4.78 is 11.5. The van der Waals surface area contributed by atoms with Crippen LogP contribution in [0.25, 0.3) is 0 Å². The first-order chi connectivity index (χ1) is 9.93. The van der Waals surface area contributed by atoms with Crippen molar-refractivity contribution in [3.8, 4) is 0 Å². The first-order valence-corrected chi connectivity index (χ1v) is 6.78. The number of ether oxygens (including phenoxy) is 1. The molecule has 8 heteroatoms. The van der Waals surface area contributed by atoms with Gasteiger partial charge in [-0.3, -0.25) is 0 Å². The van der Waals surface area contributed by atoms with E-state index in [-0.39, 0.29) is 17.5 Å². The molecule has 0 amide bonds. The summed E-state index contributed by atoms with van der Waals surface area (Å²) in [7, 11) is 1.32. The highest BCUT2D eigenvalue weighted by molar-refractivity contribution is 5.88. The molecular formula is C13H19N5O3. The normalized spacial score (nSPS) is 11.4. The molecule has 0 radical (unpaired) electrons. The van der Waals surface area contributed by atoms with Gasteiger partial charge in [-0.15, -0.1) is 5.10 Å². The van der Waals surface area contributed by atoms with Crippen LogP contribution in [0.1, 0.15) is 67.4 Å². The van der Waals surface area contributed by atoms with Crippen LogP contribution in [0.4, 0.5) is 0 Å². The van der Waals surface area contributed by atoms with Crippen LogP contribution in [0.5, 0.6) is 0 Å². The molecule has 0 unspecified atom stereocenters. The second kappa shape index (κ2) is 6.02. The first-order valence-electron chi connectivity index (χ1n) is 6.78. The van der Waals surface area contributed by atoms with Crippen molar-refractivity contribution in [3.63, 3.8) is 0 Å². The molecule has 114 valence electrons. The number of nitrogens with zero attached hydrogens (tertiary/aromatic N) is 5. The number of aromatic nitrogens is 5. The standard InChI is InChI=1S/C13H19N5O3/c1-7(2)11-10(13(19)20-5)15-17-18(11)6-9-14-12(8(3)4)21-16-9/h7-8H,6H2,1-5H3. The van der Waals surface area contributed by atoms with E-state index in [1.54, 1.807) is 4.68 Å². The minimum absolute atomic E-state index is 0.0607. The highest BCUT2D eigenvalue weighted by Crippen LogP contribution is 2.19. The van der Waals surface area contributed by atoms with Gasteiger partial charge in [0.2, 0.25) is 5.89 Å². The zero-order valence-corrected chi connectivity index (χ0v) is 12.8. The Hall–Kier alpha value is -2.25. The van der Waals surface area contributed by atoms with Gasteiger partial charge >= 0.3 is 5.97 Å². The Bertz CT molecular complexity index is 630. The van der Waals surface area contributed by atoms with E-state index >= 15 is 0 Å². The summed E-state index contributed by atoms with van der Waals surface area (Å²) in [6, 6.07) is 0. The SMILES string of the molecule is COC(=O)c1nnn(Cc2noc(C(C)C)n2)c1C(C)C. The van der Waals surface area contributed by atoms with Crippen molar-refractivity contribution in [2.45, 2.75) is 46.1 Å². The molecule has 0 N–H and O–H groups in total. The number of hydrogen-bond acceptors (Lipinski definition) is 7. The second-order valence-electron chi connectivity index (χ2n) is 5.33. The zero-order chi connectivity index (χ0) is 15.6. The Balaban J connectivity index is 2.31. The van der Waals surface area contributed by atoms with Gasteiger partial charge in [0.1, 0.15) is 6.54 Å². The number of carbonyl (C=O) groups is 1. The van der Waals surface area contributed by atoms with E-state index in [4.69, 9.17) is 9.26 Å². The van der Waals surface area contributed by atoms with Crippen molar-refractivity contribution in [1.82, 2.24) is 25.1 Å². The Labute approximate surface area is 122 Å². The van der Waals surface area contributed by atoms with Crippen LogP contribution in [-0.2, 0) is 11.3 Å². The minimum atomic E-state index is -0.499. The number of methoxy groups -OCH3 is 1. The fourth-order valence-electron chi connectivity index (χ4n) is 1.95. The highest BCUT2D eigenvalue weighted by Gasteiger charge is 2.23. The monoisotopic (exact) mass is 293 g/mol. The Kier molecular flexibility index (Phi) is 4.35. The van der Waals surface area contributed by atoms with Crippen molar-refractivity contribution in [2.75, 3.05) is 7.11 Å². The Morgan fingerprint density at radius 2 is 2.00 bits per heavy atom. The van der Waals surface area contributed by atoms with Gasteiger partial charge in [-0.05, 0) is 5.92 Å². The molecule has 2 rings (SSSR count).